The lowest BCUT2D eigenvalue weighted by Crippen LogP contribution is -2.41. The molecule has 28 heavy (non-hydrogen) atoms. The number of benzene rings is 1. The number of nitrogens with zero attached hydrogens (tertiary/aromatic N) is 3. The standard InChI is InChI=1S/C21H30N4O2S/c1-21(2,3)19(26)22-14-15-8-10-25(11-9-15)20-23-18(24-28-20)13-16-6-5-7-17(12-16)27-4/h5-7,12,15H,8-11,13-14H2,1-4H3,(H,22,26). The summed E-state index contributed by atoms with van der Waals surface area (Å²) in [7, 11) is 1.68. The molecule has 0 bridgehead atoms. The Morgan fingerprint density at radius 2 is 2.07 bits per heavy atom. The predicted molar refractivity (Wildman–Crippen MR) is 113 cm³/mol. The number of piperidine rings is 1. The Kier molecular flexibility index (Phi) is 6.54. The summed E-state index contributed by atoms with van der Waals surface area (Å²) in [6, 6.07) is 8.03. The summed E-state index contributed by atoms with van der Waals surface area (Å²) in [6.07, 6.45) is 2.84. The van der Waals surface area contributed by atoms with E-state index in [0.717, 1.165) is 54.7 Å². The van der Waals surface area contributed by atoms with E-state index in [2.05, 4.69) is 20.7 Å². The minimum Gasteiger partial charge on any atom is -0.497 e. The molecule has 2 heterocycles. The molecule has 1 aliphatic rings. The molecule has 1 N–H and O–H groups in total. The Hall–Kier alpha value is -2.15. The Morgan fingerprint density at radius 3 is 2.75 bits per heavy atom. The number of nitrogens with one attached hydrogen (secondary N) is 1. The molecule has 0 aliphatic carbocycles. The number of hydrogen-bond acceptors (Lipinski definition) is 6. The SMILES string of the molecule is COc1cccc(Cc2nsc(N3CCC(CNC(=O)C(C)(C)C)CC3)n2)c1. The van der Waals surface area contributed by atoms with Crippen molar-refractivity contribution in [2.45, 2.75) is 40.0 Å². The van der Waals surface area contributed by atoms with E-state index < -0.39 is 0 Å². The van der Waals surface area contributed by atoms with Crippen molar-refractivity contribution in [2.75, 3.05) is 31.6 Å². The second-order valence-electron chi connectivity index (χ2n) is 8.41. The van der Waals surface area contributed by atoms with Crippen molar-refractivity contribution < 1.29 is 9.53 Å². The van der Waals surface area contributed by atoms with Crippen LogP contribution in [-0.4, -0.2) is 42.0 Å². The Morgan fingerprint density at radius 1 is 1.32 bits per heavy atom. The molecule has 0 atom stereocenters. The van der Waals surface area contributed by atoms with Gasteiger partial charge in [0.25, 0.3) is 0 Å². The molecule has 1 fully saturated rings. The third-order valence-corrected chi connectivity index (χ3v) is 5.89. The third-order valence-electron chi connectivity index (χ3n) is 5.07. The van der Waals surface area contributed by atoms with Crippen LogP contribution in [0.25, 0.3) is 0 Å². The maximum Gasteiger partial charge on any atom is 0.225 e. The fourth-order valence-corrected chi connectivity index (χ4v) is 3.98. The molecule has 1 aliphatic heterocycles. The van der Waals surface area contributed by atoms with Gasteiger partial charge in [0.15, 0.2) is 0 Å². The number of ether oxygens (including phenoxy) is 1. The minimum atomic E-state index is -0.327. The first-order valence-corrected chi connectivity index (χ1v) is 10.6. The molecular formula is C21H30N4O2S. The Balaban J connectivity index is 1.49. The van der Waals surface area contributed by atoms with Gasteiger partial charge in [0.2, 0.25) is 11.0 Å². The second kappa shape index (κ2) is 8.90. The number of rotatable bonds is 6. The molecule has 1 aromatic heterocycles. The van der Waals surface area contributed by atoms with Crippen LogP contribution in [0.15, 0.2) is 24.3 Å². The molecular weight excluding hydrogens is 372 g/mol. The average molecular weight is 403 g/mol. The van der Waals surface area contributed by atoms with Gasteiger partial charge in [-0.05, 0) is 36.5 Å². The van der Waals surface area contributed by atoms with Gasteiger partial charge in [-0.25, -0.2) is 4.98 Å². The van der Waals surface area contributed by atoms with Crippen molar-refractivity contribution >= 4 is 22.6 Å². The van der Waals surface area contributed by atoms with E-state index in [9.17, 15) is 4.79 Å². The van der Waals surface area contributed by atoms with Crippen LogP contribution in [0, 0.1) is 11.3 Å². The lowest BCUT2D eigenvalue weighted by atomic mass is 9.93. The van der Waals surface area contributed by atoms with Gasteiger partial charge in [-0.3, -0.25) is 4.79 Å². The maximum absolute atomic E-state index is 12.0. The number of carbonyl (C=O) groups is 1. The van der Waals surface area contributed by atoms with E-state index >= 15 is 0 Å². The van der Waals surface area contributed by atoms with E-state index in [0.29, 0.717) is 12.3 Å². The van der Waals surface area contributed by atoms with Crippen LogP contribution >= 0.6 is 11.5 Å². The molecule has 1 aromatic carbocycles. The maximum atomic E-state index is 12.0. The monoisotopic (exact) mass is 402 g/mol. The van der Waals surface area contributed by atoms with Gasteiger partial charge in [-0.1, -0.05) is 32.9 Å². The van der Waals surface area contributed by atoms with Gasteiger partial charge in [0.1, 0.15) is 11.6 Å². The van der Waals surface area contributed by atoms with Crippen LogP contribution in [0.2, 0.25) is 0 Å². The second-order valence-corrected chi connectivity index (χ2v) is 9.14. The molecule has 7 heteroatoms. The smallest absolute Gasteiger partial charge is 0.225 e. The summed E-state index contributed by atoms with van der Waals surface area (Å²) >= 11 is 1.47. The van der Waals surface area contributed by atoms with Gasteiger partial charge in [0, 0.05) is 43.0 Å². The Bertz CT molecular complexity index is 792. The van der Waals surface area contributed by atoms with E-state index in [1.807, 2.05) is 39.0 Å². The Labute approximate surface area is 171 Å². The molecule has 152 valence electrons. The summed E-state index contributed by atoms with van der Waals surface area (Å²) in [5.41, 5.74) is 0.823. The molecule has 0 unspecified atom stereocenters. The van der Waals surface area contributed by atoms with Crippen molar-refractivity contribution in [2.24, 2.45) is 11.3 Å². The highest BCUT2D eigenvalue weighted by Gasteiger charge is 2.25. The first kappa shape index (κ1) is 20.6. The highest BCUT2D eigenvalue weighted by atomic mass is 32.1. The van der Waals surface area contributed by atoms with Gasteiger partial charge in [-0.15, -0.1) is 0 Å². The lowest BCUT2D eigenvalue weighted by Gasteiger charge is -2.32. The number of hydrogen-bond donors (Lipinski definition) is 1. The van der Waals surface area contributed by atoms with Gasteiger partial charge >= 0.3 is 0 Å². The van der Waals surface area contributed by atoms with Gasteiger partial charge < -0.3 is 15.0 Å². The zero-order valence-electron chi connectivity index (χ0n) is 17.2. The van der Waals surface area contributed by atoms with E-state index in [1.54, 1.807) is 7.11 Å². The zero-order valence-corrected chi connectivity index (χ0v) is 18.0. The van der Waals surface area contributed by atoms with Crippen LogP contribution in [0.4, 0.5) is 5.13 Å². The van der Waals surface area contributed by atoms with Crippen LogP contribution in [0.3, 0.4) is 0 Å². The highest BCUT2D eigenvalue weighted by Crippen LogP contribution is 2.26. The summed E-state index contributed by atoms with van der Waals surface area (Å²) in [5, 5.41) is 4.09. The molecule has 0 saturated carbocycles. The number of carbonyl (C=O) groups excluding carboxylic acids is 1. The first-order valence-electron chi connectivity index (χ1n) is 9.84. The quantitative estimate of drug-likeness (QED) is 0.801. The van der Waals surface area contributed by atoms with Crippen molar-refractivity contribution in [3.8, 4) is 5.75 Å². The van der Waals surface area contributed by atoms with E-state index in [-0.39, 0.29) is 11.3 Å². The normalized spacial score (nSPS) is 15.5. The van der Waals surface area contributed by atoms with E-state index in [1.165, 1.54) is 11.5 Å². The summed E-state index contributed by atoms with van der Waals surface area (Å²) < 4.78 is 9.82. The lowest BCUT2D eigenvalue weighted by molar-refractivity contribution is -0.128. The van der Waals surface area contributed by atoms with Crippen molar-refractivity contribution in [3.63, 3.8) is 0 Å². The molecule has 1 saturated heterocycles. The number of anilines is 1. The highest BCUT2D eigenvalue weighted by molar-refractivity contribution is 7.09. The summed E-state index contributed by atoms with van der Waals surface area (Å²) in [4.78, 5) is 19.1. The zero-order chi connectivity index (χ0) is 20.1. The molecule has 2 aromatic rings. The largest absolute Gasteiger partial charge is 0.497 e. The third kappa shape index (κ3) is 5.44. The van der Waals surface area contributed by atoms with Crippen molar-refractivity contribution in [3.05, 3.63) is 35.7 Å². The van der Waals surface area contributed by atoms with Crippen LogP contribution in [0.1, 0.15) is 45.0 Å². The first-order chi connectivity index (χ1) is 13.3. The average Bonchev–Trinajstić information content (AvgIpc) is 3.14. The van der Waals surface area contributed by atoms with E-state index in [4.69, 9.17) is 9.72 Å². The van der Waals surface area contributed by atoms with Crippen LogP contribution < -0.4 is 15.0 Å². The number of methoxy groups -OCH3 is 1. The molecule has 1 amide bonds. The molecule has 0 radical (unpaired) electrons. The molecule has 3 rings (SSSR count). The van der Waals surface area contributed by atoms with Crippen LogP contribution in [0.5, 0.6) is 5.75 Å². The summed E-state index contributed by atoms with van der Waals surface area (Å²) in [5.74, 6) is 2.37. The fourth-order valence-electron chi connectivity index (χ4n) is 3.24. The predicted octanol–water partition coefficient (Wildman–Crippen LogP) is 3.52. The van der Waals surface area contributed by atoms with Crippen LogP contribution in [-0.2, 0) is 11.2 Å². The molecule has 6 nitrogen and oxygen atoms in total. The summed E-state index contributed by atoms with van der Waals surface area (Å²) in [6.45, 7) is 8.53. The number of amides is 1. The molecule has 0 spiro atoms. The number of aromatic nitrogens is 2. The van der Waals surface area contributed by atoms with Gasteiger partial charge in [0.05, 0.1) is 7.11 Å². The topological polar surface area (TPSA) is 67.3 Å². The fraction of sp³-hybridized carbons (Fsp3) is 0.571. The van der Waals surface area contributed by atoms with Gasteiger partial charge in [-0.2, -0.15) is 4.37 Å². The van der Waals surface area contributed by atoms with Crippen molar-refractivity contribution in [1.29, 1.82) is 0 Å². The minimum absolute atomic E-state index is 0.126. The van der Waals surface area contributed by atoms with Crippen molar-refractivity contribution in [1.82, 2.24) is 14.7 Å².